The summed E-state index contributed by atoms with van der Waals surface area (Å²) in [5, 5.41) is 14.3. The molecular weight excluding hydrogens is 537 g/mol. The van der Waals surface area contributed by atoms with Crippen LogP contribution in [0.5, 0.6) is 0 Å². The van der Waals surface area contributed by atoms with E-state index in [1.165, 1.54) is 114 Å². The van der Waals surface area contributed by atoms with Gasteiger partial charge in [0.05, 0.1) is 0 Å². The van der Waals surface area contributed by atoms with Crippen LogP contribution in [0.15, 0.2) is 24.3 Å². The smallest absolute Gasteiger partial charge is 0.0434 e. The number of benzene rings is 4. The number of rotatable bonds is 0. The molecule has 0 amide bonds. The molecule has 0 N–H and O–H groups in total. The van der Waals surface area contributed by atoms with Crippen molar-refractivity contribution in [3.63, 3.8) is 0 Å². The lowest BCUT2D eigenvalue weighted by atomic mass is 9.94. The van der Waals surface area contributed by atoms with Crippen LogP contribution in [-0.2, 0) is 0 Å². The molecule has 0 saturated carbocycles. The summed E-state index contributed by atoms with van der Waals surface area (Å²) in [5.41, 5.74) is 5.81. The molecule has 4 heterocycles. The Morgan fingerprint density at radius 2 is 0.553 bits per heavy atom. The Hall–Kier alpha value is -2.50. The number of hydrogen-bond acceptors (Lipinski definition) is 4. The van der Waals surface area contributed by atoms with E-state index in [-0.39, 0.29) is 0 Å². The van der Waals surface area contributed by atoms with Gasteiger partial charge in [-0.1, -0.05) is 0 Å². The molecule has 0 bridgehead atoms. The molecule has 188 valence electrons. The molecule has 4 aromatic heterocycles. The van der Waals surface area contributed by atoms with E-state index in [4.69, 9.17) is 0 Å². The summed E-state index contributed by atoms with van der Waals surface area (Å²) in [7, 11) is 0. The third-order valence-electron chi connectivity index (χ3n) is 9.13. The van der Waals surface area contributed by atoms with Crippen LogP contribution in [0.25, 0.3) is 72.7 Å². The second-order valence-corrected chi connectivity index (χ2v) is 16.0. The zero-order valence-electron chi connectivity index (χ0n) is 22.9. The van der Waals surface area contributed by atoms with Crippen molar-refractivity contribution in [3.05, 3.63) is 66.0 Å². The minimum atomic E-state index is 1.36. The highest BCUT2D eigenvalue weighted by molar-refractivity contribution is 7.23. The average Bonchev–Trinajstić information content (AvgIpc) is 3.56. The Bertz CT molecular complexity index is 2030. The van der Waals surface area contributed by atoms with Gasteiger partial charge in [-0.15, -0.1) is 45.3 Å². The minimum Gasteiger partial charge on any atom is -0.140 e. The quantitative estimate of drug-likeness (QED) is 0.161. The second kappa shape index (κ2) is 7.57. The van der Waals surface area contributed by atoms with E-state index in [9.17, 15) is 0 Å². The molecule has 0 spiro atoms. The van der Waals surface area contributed by atoms with E-state index < -0.39 is 0 Å². The Kier molecular flexibility index (Phi) is 4.66. The third kappa shape index (κ3) is 2.75. The van der Waals surface area contributed by atoms with Crippen molar-refractivity contribution in [2.75, 3.05) is 0 Å². The van der Waals surface area contributed by atoms with E-state index in [1.807, 2.05) is 45.3 Å². The van der Waals surface area contributed by atoms with Crippen molar-refractivity contribution in [2.45, 2.75) is 55.4 Å². The van der Waals surface area contributed by atoms with Crippen molar-refractivity contribution in [3.8, 4) is 0 Å². The van der Waals surface area contributed by atoms with Crippen LogP contribution in [0.3, 0.4) is 0 Å². The lowest BCUT2D eigenvalue weighted by Crippen LogP contribution is -1.84. The lowest BCUT2D eigenvalue weighted by Gasteiger charge is -2.11. The van der Waals surface area contributed by atoms with Gasteiger partial charge < -0.3 is 0 Å². The summed E-state index contributed by atoms with van der Waals surface area (Å²) in [4.78, 5) is 5.75. The van der Waals surface area contributed by atoms with Crippen LogP contribution < -0.4 is 0 Å². The first kappa shape index (κ1) is 23.4. The predicted octanol–water partition coefficient (Wildman–Crippen LogP) is 12.5. The molecule has 0 fully saturated rings. The molecule has 4 heteroatoms. The largest absolute Gasteiger partial charge is 0.140 e. The lowest BCUT2D eigenvalue weighted by molar-refractivity contribution is 1.46. The Labute approximate surface area is 238 Å². The van der Waals surface area contributed by atoms with Crippen molar-refractivity contribution < 1.29 is 0 Å². The summed E-state index contributed by atoms with van der Waals surface area (Å²) in [6, 6.07) is 10.00. The molecule has 0 aliphatic heterocycles. The Morgan fingerprint density at radius 3 is 0.763 bits per heavy atom. The molecule has 0 radical (unpaired) electrons. The van der Waals surface area contributed by atoms with Crippen LogP contribution in [0.1, 0.15) is 41.8 Å². The highest BCUT2D eigenvalue weighted by Crippen LogP contribution is 2.50. The van der Waals surface area contributed by atoms with Crippen LogP contribution in [0, 0.1) is 55.4 Å². The Balaban J connectivity index is 1.63. The maximum Gasteiger partial charge on any atom is 0.0434 e. The summed E-state index contributed by atoms with van der Waals surface area (Å²) in [5.74, 6) is 0. The second-order valence-electron chi connectivity index (χ2n) is 11.1. The molecule has 0 aliphatic carbocycles. The van der Waals surface area contributed by atoms with E-state index in [0.717, 1.165) is 0 Å². The highest BCUT2D eigenvalue weighted by Gasteiger charge is 2.22. The van der Waals surface area contributed by atoms with Crippen LogP contribution in [-0.4, -0.2) is 0 Å². The zero-order chi connectivity index (χ0) is 26.4. The van der Waals surface area contributed by atoms with Gasteiger partial charge >= 0.3 is 0 Å². The van der Waals surface area contributed by atoms with Crippen LogP contribution in [0.2, 0.25) is 0 Å². The highest BCUT2D eigenvalue weighted by atomic mass is 32.1. The minimum absolute atomic E-state index is 1.36. The number of thiophene rings is 4. The van der Waals surface area contributed by atoms with Crippen molar-refractivity contribution in [1.82, 2.24) is 0 Å². The van der Waals surface area contributed by atoms with E-state index in [0.29, 0.717) is 0 Å². The van der Waals surface area contributed by atoms with Gasteiger partial charge in [0, 0.05) is 81.4 Å². The molecule has 0 aliphatic rings. The molecule has 0 unspecified atom stereocenters. The molecular formula is C34H28S4. The fourth-order valence-electron chi connectivity index (χ4n) is 6.57. The standard InChI is InChI=1S/C34H28S4/c1-13-17(5)35-31-23-9-21-11-25-26(12-22(21)10-24(23)32-28(27(13)31)14(2)18(6)36-32)34-30(16(4)20(8)38-34)29-15(3)19(7)37-33(25)29/h9-12H,1-8H3. The molecule has 38 heavy (non-hydrogen) atoms. The first-order valence-corrected chi connectivity index (χ1v) is 16.5. The number of aryl methyl sites for hydroxylation is 8. The molecule has 0 nitrogen and oxygen atoms in total. The van der Waals surface area contributed by atoms with Gasteiger partial charge in [0.25, 0.3) is 0 Å². The maximum atomic E-state index is 2.50. The van der Waals surface area contributed by atoms with Gasteiger partial charge in [0.1, 0.15) is 0 Å². The summed E-state index contributed by atoms with van der Waals surface area (Å²) in [6.07, 6.45) is 0. The van der Waals surface area contributed by atoms with Gasteiger partial charge in [-0.2, -0.15) is 0 Å². The predicted molar refractivity (Wildman–Crippen MR) is 178 cm³/mol. The third-order valence-corrected chi connectivity index (χ3v) is 14.1. The maximum absolute atomic E-state index is 2.50. The van der Waals surface area contributed by atoms with E-state index >= 15 is 0 Å². The van der Waals surface area contributed by atoms with Crippen LogP contribution >= 0.6 is 45.3 Å². The van der Waals surface area contributed by atoms with E-state index in [1.54, 1.807) is 0 Å². The first-order valence-electron chi connectivity index (χ1n) is 13.2. The topological polar surface area (TPSA) is 0 Å². The van der Waals surface area contributed by atoms with Gasteiger partial charge in [-0.25, -0.2) is 0 Å². The van der Waals surface area contributed by atoms with Crippen molar-refractivity contribution in [2.24, 2.45) is 0 Å². The molecule has 8 aromatic rings. The van der Waals surface area contributed by atoms with Crippen molar-refractivity contribution >= 4 is 118 Å². The van der Waals surface area contributed by atoms with Gasteiger partial charge in [-0.3, -0.25) is 0 Å². The SMILES string of the molecule is Cc1sc2c3cc4cc5c(cc4cc3c3sc(C)c(C)c3c2c1C)c1sc(C)c(C)c1c1c(C)c(C)sc51. The van der Waals surface area contributed by atoms with Gasteiger partial charge in [0.2, 0.25) is 0 Å². The average molecular weight is 565 g/mol. The fourth-order valence-corrected chi connectivity index (χ4v) is 11.4. The molecule has 0 atom stereocenters. The first-order chi connectivity index (χ1) is 18.2. The fraction of sp³-hybridized carbons (Fsp3) is 0.235. The monoisotopic (exact) mass is 564 g/mol. The van der Waals surface area contributed by atoms with Gasteiger partial charge in [-0.05, 0) is 113 Å². The van der Waals surface area contributed by atoms with Crippen LogP contribution in [0.4, 0.5) is 0 Å². The summed E-state index contributed by atoms with van der Waals surface area (Å²) < 4.78 is 5.83. The summed E-state index contributed by atoms with van der Waals surface area (Å²) >= 11 is 7.90. The van der Waals surface area contributed by atoms with Crippen molar-refractivity contribution in [1.29, 1.82) is 0 Å². The Morgan fingerprint density at radius 1 is 0.342 bits per heavy atom. The summed E-state index contributed by atoms with van der Waals surface area (Å²) in [6.45, 7) is 18.4. The normalized spacial score (nSPS) is 12.7. The zero-order valence-corrected chi connectivity index (χ0v) is 26.2. The number of fused-ring (bicyclic) bond motifs is 13. The van der Waals surface area contributed by atoms with E-state index in [2.05, 4.69) is 79.7 Å². The molecule has 8 rings (SSSR count). The van der Waals surface area contributed by atoms with Gasteiger partial charge in [0.15, 0.2) is 0 Å². The molecule has 4 aromatic carbocycles. The molecule has 0 saturated heterocycles. The number of hydrogen-bond donors (Lipinski definition) is 0.